The minimum atomic E-state index is 0.680. The molecule has 1 aromatic carbocycles. The van der Waals surface area contributed by atoms with Crippen LogP contribution < -0.4 is 0 Å². The van der Waals surface area contributed by atoms with Gasteiger partial charge in [0, 0.05) is 5.56 Å². The third-order valence-electron chi connectivity index (χ3n) is 1.75. The van der Waals surface area contributed by atoms with E-state index in [-0.39, 0.29) is 0 Å². The number of hydrogen-bond donors (Lipinski definition) is 0. The van der Waals surface area contributed by atoms with Crippen LogP contribution in [0.2, 0.25) is 5.02 Å². The fourth-order valence-corrected chi connectivity index (χ4v) is 1.68. The third kappa shape index (κ3) is 1.94. The lowest BCUT2D eigenvalue weighted by Gasteiger charge is -2.02. The zero-order valence-electron chi connectivity index (χ0n) is 7.11. The minimum absolute atomic E-state index is 0.680. The first-order valence-electron chi connectivity index (χ1n) is 4.00. The molecule has 1 heterocycles. The first-order valence-corrected chi connectivity index (χ1v) is 5.17. The van der Waals surface area contributed by atoms with Crippen LogP contribution in [-0.4, -0.2) is 9.97 Å². The van der Waals surface area contributed by atoms with Crippen molar-refractivity contribution in [3.05, 3.63) is 46.3 Å². The molecule has 0 aliphatic rings. The average molecular weight is 270 g/mol. The van der Waals surface area contributed by atoms with Gasteiger partial charge in [0.25, 0.3) is 0 Å². The SMILES string of the molecule is Clc1ccccc1-c1cncc(Br)n1. The maximum atomic E-state index is 6.03. The maximum absolute atomic E-state index is 6.03. The molecule has 0 aliphatic heterocycles. The van der Waals surface area contributed by atoms with Gasteiger partial charge in [0.2, 0.25) is 0 Å². The number of rotatable bonds is 1. The highest BCUT2D eigenvalue weighted by atomic mass is 79.9. The van der Waals surface area contributed by atoms with E-state index in [0.717, 1.165) is 11.3 Å². The number of benzene rings is 1. The van der Waals surface area contributed by atoms with E-state index in [0.29, 0.717) is 9.63 Å². The first-order chi connectivity index (χ1) is 6.77. The highest BCUT2D eigenvalue weighted by Crippen LogP contribution is 2.25. The Morgan fingerprint density at radius 2 is 1.93 bits per heavy atom. The van der Waals surface area contributed by atoms with Crippen LogP contribution in [0.5, 0.6) is 0 Å². The topological polar surface area (TPSA) is 25.8 Å². The Labute approximate surface area is 95.1 Å². The second-order valence-electron chi connectivity index (χ2n) is 2.71. The molecule has 0 atom stereocenters. The smallest absolute Gasteiger partial charge is 0.125 e. The van der Waals surface area contributed by atoms with Crippen molar-refractivity contribution >= 4 is 27.5 Å². The zero-order valence-corrected chi connectivity index (χ0v) is 9.46. The van der Waals surface area contributed by atoms with Crippen LogP contribution in [0.25, 0.3) is 11.3 Å². The van der Waals surface area contributed by atoms with Crippen molar-refractivity contribution in [1.82, 2.24) is 9.97 Å². The van der Waals surface area contributed by atoms with Crippen LogP contribution in [0, 0.1) is 0 Å². The lowest BCUT2D eigenvalue weighted by molar-refractivity contribution is 1.17. The van der Waals surface area contributed by atoms with Crippen LogP contribution in [0.15, 0.2) is 41.3 Å². The fraction of sp³-hybridized carbons (Fsp3) is 0. The summed E-state index contributed by atoms with van der Waals surface area (Å²) in [5.41, 5.74) is 1.66. The molecular weight excluding hydrogens is 263 g/mol. The van der Waals surface area contributed by atoms with Gasteiger partial charge >= 0.3 is 0 Å². The summed E-state index contributed by atoms with van der Waals surface area (Å²) in [6.07, 6.45) is 3.33. The molecule has 0 spiro atoms. The number of aromatic nitrogens is 2. The molecule has 0 unspecified atom stereocenters. The molecule has 0 saturated carbocycles. The predicted octanol–water partition coefficient (Wildman–Crippen LogP) is 3.56. The summed E-state index contributed by atoms with van der Waals surface area (Å²) in [5.74, 6) is 0. The Bertz CT molecular complexity index is 459. The first kappa shape index (κ1) is 9.62. The van der Waals surface area contributed by atoms with Gasteiger partial charge in [-0.3, -0.25) is 4.98 Å². The van der Waals surface area contributed by atoms with Gasteiger partial charge in [-0.25, -0.2) is 4.98 Å². The van der Waals surface area contributed by atoms with Crippen molar-refractivity contribution < 1.29 is 0 Å². The molecule has 0 amide bonds. The number of nitrogens with zero attached hydrogens (tertiary/aromatic N) is 2. The van der Waals surface area contributed by atoms with E-state index >= 15 is 0 Å². The van der Waals surface area contributed by atoms with E-state index < -0.39 is 0 Å². The lowest BCUT2D eigenvalue weighted by Crippen LogP contribution is -1.86. The molecule has 2 aromatic rings. The van der Waals surface area contributed by atoms with E-state index in [1.54, 1.807) is 12.4 Å². The molecule has 0 N–H and O–H groups in total. The van der Waals surface area contributed by atoms with Crippen molar-refractivity contribution in [2.45, 2.75) is 0 Å². The minimum Gasteiger partial charge on any atom is -0.260 e. The summed E-state index contributed by atoms with van der Waals surface area (Å²) in [6, 6.07) is 7.55. The van der Waals surface area contributed by atoms with E-state index in [4.69, 9.17) is 11.6 Å². The Hall–Kier alpha value is -0.930. The predicted molar refractivity (Wildman–Crippen MR) is 60.2 cm³/mol. The lowest BCUT2D eigenvalue weighted by atomic mass is 10.2. The maximum Gasteiger partial charge on any atom is 0.125 e. The molecule has 2 rings (SSSR count). The van der Waals surface area contributed by atoms with Crippen LogP contribution in [-0.2, 0) is 0 Å². The summed E-state index contributed by atoms with van der Waals surface area (Å²) in [6.45, 7) is 0. The van der Waals surface area contributed by atoms with E-state index in [9.17, 15) is 0 Å². The van der Waals surface area contributed by atoms with Crippen LogP contribution >= 0.6 is 27.5 Å². The van der Waals surface area contributed by atoms with Crippen molar-refractivity contribution in [3.63, 3.8) is 0 Å². The van der Waals surface area contributed by atoms with Crippen LogP contribution in [0.1, 0.15) is 0 Å². The van der Waals surface area contributed by atoms with Crippen LogP contribution in [0.3, 0.4) is 0 Å². The van der Waals surface area contributed by atoms with Gasteiger partial charge in [-0.1, -0.05) is 29.8 Å². The molecule has 1 aromatic heterocycles. The molecule has 0 radical (unpaired) electrons. The Morgan fingerprint density at radius 3 is 2.64 bits per heavy atom. The summed E-state index contributed by atoms with van der Waals surface area (Å²) >= 11 is 9.30. The molecule has 0 aliphatic carbocycles. The van der Waals surface area contributed by atoms with Crippen molar-refractivity contribution in [2.75, 3.05) is 0 Å². The Kier molecular flexibility index (Phi) is 2.79. The number of halogens is 2. The summed E-state index contributed by atoms with van der Waals surface area (Å²) in [5, 5.41) is 0.680. The summed E-state index contributed by atoms with van der Waals surface area (Å²) in [4.78, 5) is 8.31. The summed E-state index contributed by atoms with van der Waals surface area (Å²) in [7, 11) is 0. The van der Waals surface area contributed by atoms with Crippen molar-refractivity contribution in [2.24, 2.45) is 0 Å². The largest absolute Gasteiger partial charge is 0.260 e. The normalized spacial score (nSPS) is 10.1. The third-order valence-corrected chi connectivity index (χ3v) is 2.47. The molecule has 0 saturated heterocycles. The van der Waals surface area contributed by atoms with Gasteiger partial charge in [-0.2, -0.15) is 0 Å². The molecular formula is C10H6BrClN2. The van der Waals surface area contributed by atoms with Crippen molar-refractivity contribution in [1.29, 1.82) is 0 Å². The van der Waals surface area contributed by atoms with Gasteiger partial charge in [0.1, 0.15) is 4.60 Å². The van der Waals surface area contributed by atoms with Gasteiger partial charge in [-0.15, -0.1) is 0 Å². The molecule has 0 fully saturated rings. The molecule has 2 nitrogen and oxygen atoms in total. The Balaban J connectivity index is 2.55. The van der Waals surface area contributed by atoms with E-state index in [1.165, 1.54) is 0 Å². The van der Waals surface area contributed by atoms with Gasteiger partial charge < -0.3 is 0 Å². The zero-order chi connectivity index (χ0) is 9.97. The van der Waals surface area contributed by atoms with Gasteiger partial charge in [0.15, 0.2) is 0 Å². The average Bonchev–Trinajstić information content (AvgIpc) is 2.18. The number of hydrogen-bond acceptors (Lipinski definition) is 2. The Morgan fingerprint density at radius 1 is 1.14 bits per heavy atom. The summed E-state index contributed by atoms with van der Waals surface area (Å²) < 4.78 is 0.704. The van der Waals surface area contributed by atoms with Crippen molar-refractivity contribution in [3.8, 4) is 11.3 Å². The van der Waals surface area contributed by atoms with Gasteiger partial charge in [-0.05, 0) is 22.0 Å². The second-order valence-corrected chi connectivity index (χ2v) is 3.93. The van der Waals surface area contributed by atoms with E-state index in [2.05, 4.69) is 25.9 Å². The van der Waals surface area contributed by atoms with Crippen LogP contribution in [0.4, 0.5) is 0 Å². The quantitative estimate of drug-likeness (QED) is 0.791. The monoisotopic (exact) mass is 268 g/mol. The van der Waals surface area contributed by atoms with E-state index in [1.807, 2.05) is 24.3 Å². The molecule has 4 heteroatoms. The fourth-order valence-electron chi connectivity index (χ4n) is 1.14. The van der Waals surface area contributed by atoms with Gasteiger partial charge in [0.05, 0.1) is 23.1 Å². The second kappa shape index (κ2) is 4.07. The molecule has 14 heavy (non-hydrogen) atoms. The highest BCUT2D eigenvalue weighted by molar-refractivity contribution is 9.10. The molecule has 70 valence electrons. The highest BCUT2D eigenvalue weighted by Gasteiger charge is 2.04. The standard InChI is InChI=1S/C10H6BrClN2/c11-10-6-13-5-9(14-10)7-3-1-2-4-8(7)12/h1-6H. The molecule has 0 bridgehead atoms.